The van der Waals surface area contributed by atoms with E-state index in [0.29, 0.717) is 5.75 Å². The first kappa shape index (κ1) is 10.2. The summed E-state index contributed by atoms with van der Waals surface area (Å²) in [6.07, 6.45) is 1.11. The third-order valence-electron chi connectivity index (χ3n) is 4.44. The van der Waals surface area contributed by atoms with Crippen molar-refractivity contribution in [3.8, 4) is 5.75 Å². The van der Waals surface area contributed by atoms with Crippen LogP contribution in [-0.4, -0.2) is 18.2 Å². The molecule has 0 aromatic heterocycles. The van der Waals surface area contributed by atoms with E-state index < -0.39 is 0 Å². The van der Waals surface area contributed by atoms with Crippen LogP contribution in [0.1, 0.15) is 25.0 Å². The maximum atomic E-state index is 10.1. The third-order valence-corrected chi connectivity index (χ3v) is 4.44. The molecule has 2 aromatic rings. The van der Waals surface area contributed by atoms with Crippen molar-refractivity contribution in [2.24, 2.45) is 0 Å². The first-order valence-electron chi connectivity index (χ1n) is 6.61. The molecule has 0 unspecified atom stereocenters. The molecule has 0 saturated heterocycles. The van der Waals surface area contributed by atoms with Crippen LogP contribution in [0.3, 0.4) is 0 Å². The summed E-state index contributed by atoms with van der Waals surface area (Å²) in [6, 6.07) is 8.07. The maximum Gasteiger partial charge on any atom is 0.123 e. The molecule has 2 nitrogen and oxygen atoms in total. The molecular formula is C16H17NO. The lowest BCUT2D eigenvalue weighted by molar-refractivity contribution is 0.481. The van der Waals surface area contributed by atoms with Gasteiger partial charge in [-0.2, -0.15) is 0 Å². The minimum absolute atomic E-state index is 0.178. The van der Waals surface area contributed by atoms with Crippen molar-refractivity contribution in [2.75, 3.05) is 18.0 Å². The lowest BCUT2D eigenvalue weighted by atomic mass is 9.82. The minimum Gasteiger partial charge on any atom is -0.507 e. The highest BCUT2D eigenvalue weighted by Gasteiger charge is 2.40. The number of fused-ring (bicyclic) bond motifs is 2. The Labute approximate surface area is 107 Å². The molecule has 0 atom stereocenters. The second kappa shape index (κ2) is 3.00. The molecule has 0 spiro atoms. The smallest absolute Gasteiger partial charge is 0.123 e. The lowest BCUT2D eigenvalue weighted by Crippen LogP contribution is -2.28. The fraction of sp³-hybridized carbons (Fsp3) is 0.375. The molecule has 92 valence electrons. The number of hydrogen-bond acceptors (Lipinski definition) is 2. The van der Waals surface area contributed by atoms with Gasteiger partial charge in [-0.1, -0.05) is 26.0 Å². The SMILES string of the molecule is CC1(C)CN2CCc3cc4c(O)cccc4c1c32. The van der Waals surface area contributed by atoms with E-state index in [-0.39, 0.29) is 5.41 Å². The predicted molar refractivity (Wildman–Crippen MR) is 74.6 cm³/mol. The predicted octanol–water partition coefficient (Wildman–Crippen LogP) is 3.20. The summed E-state index contributed by atoms with van der Waals surface area (Å²) in [5.74, 6) is 0.410. The minimum atomic E-state index is 0.178. The Morgan fingerprint density at radius 1 is 1.22 bits per heavy atom. The van der Waals surface area contributed by atoms with Crippen LogP contribution in [0.4, 0.5) is 5.69 Å². The van der Waals surface area contributed by atoms with Crippen LogP contribution in [0.15, 0.2) is 24.3 Å². The summed E-state index contributed by atoms with van der Waals surface area (Å²) in [6.45, 7) is 6.85. The molecule has 4 rings (SSSR count). The highest BCUT2D eigenvalue weighted by atomic mass is 16.3. The van der Waals surface area contributed by atoms with Gasteiger partial charge in [-0.05, 0) is 35.1 Å². The molecule has 0 aliphatic carbocycles. The maximum absolute atomic E-state index is 10.1. The average Bonchev–Trinajstić information content (AvgIpc) is 2.81. The summed E-state index contributed by atoms with van der Waals surface area (Å²) in [5.41, 5.74) is 4.46. The second-order valence-electron chi connectivity index (χ2n) is 6.19. The Hall–Kier alpha value is -1.70. The van der Waals surface area contributed by atoms with E-state index in [9.17, 15) is 5.11 Å². The van der Waals surface area contributed by atoms with Gasteiger partial charge in [-0.25, -0.2) is 0 Å². The van der Waals surface area contributed by atoms with Crippen LogP contribution >= 0.6 is 0 Å². The average molecular weight is 239 g/mol. The van der Waals surface area contributed by atoms with E-state index in [1.807, 2.05) is 6.07 Å². The first-order chi connectivity index (χ1) is 8.58. The van der Waals surface area contributed by atoms with Crippen molar-refractivity contribution < 1.29 is 5.11 Å². The van der Waals surface area contributed by atoms with Crippen LogP contribution in [0.25, 0.3) is 10.8 Å². The number of phenolic OH excluding ortho intramolecular Hbond substituents is 1. The van der Waals surface area contributed by atoms with Crippen molar-refractivity contribution in [3.05, 3.63) is 35.4 Å². The number of anilines is 1. The summed E-state index contributed by atoms with van der Waals surface area (Å²) >= 11 is 0. The van der Waals surface area contributed by atoms with Crippen molar-refractivity contribution >= 4 is 16.5 Å². The topological polar surface area (TPSA) is 23.5 Å². The van der Waals surface area contributed by atoms with Gasteiger partial charge in [-0.15, -0.1) is 0 Å². The van der Waals surface area contributed by atoms with E-state index in [0.717, 1.165) is 24.9 Å². The summed E-state index contributed by atoms with van der Waals surface area (Å²) in [4.78, 5) is 2.51. The molecule has 0 amide bonds. The van der Waals surface area contributed by atoms with Crippen LogP contribution in [0.5, 0.6) is 5.75 Å². The van der Waals surface area contributed by atoms with Crippen LogP contribution in [0, 0.1) is 0 Å². The van der Waals surface area contributed by atoms with Crippen LogP contribution in [0.2, 0.25) is 0 Å². The molecule has 2 heterocycles. The molecule has 0 saturated carbocycles. The zero-order valence-electron chi connectivity index (χ0n) is 10.8. The first-order valence-corrected chi connectivity index (χ1v) is 6.61. The molecule has 1 N–H and O–H groups in total. The third kappa shape index (κ3) is 1.08. The van der Waals surface area contributed by atoms with Crippen molar-refractivity contribution in [3.63, 3.8) is 0 Å². The number of benzene rings is 2. The van der Waals surface area contributed by atoms with E-state index >= 15 is 0 Å². The standard InChI is InChI=1S/C16H17NO/c1-16(2)9-17-7-6-10-8-12-11(14(16)15(10)17)4-3-5-13(12)18/h3-5,8,18H,6-7,9H2,1-2H3. The van der Waals surface area contributed by atoms with Crippen molar-refractivity contribution in [1.82, 2.24) is 0 Å². The Balaban J connectivity index is 2.21. The zero-order valence-corrected chi connectivity index (χ0v) is 10.8. The van der Waals surface area contributed by atoms with Gasteiger partial charge >= 0.3 is 0 Å². The van der Waals surface area contributed by atoms with Crippen molar-refractivity contribution in [1.29, 1.82) is 0 Å². The van der Waals surface area contributed by atoms with Gasteiger partial charge in [0.05, 0.1) is 0 Å². The van der Waals surface area contributed by atoms with Crippen LogP contribution in [-0.2, 0) is 11.8 Å². The van der Waals surface area contributed by atoms with Crippen LogP contribution < -0.4 is 4.90 Å². The number of nitrogens with zero attached hydrogens (tertiary/aromatic N) is 1. The summed E-state index contributed by atoms with van der Waals surface area (Å²) in [5, 5.41) is 12.3. The molecule has 0 radical (unpaired) electrons. The summed E-state index contributed by atoms with van der Waals surface area (Å²) in [7, 11) is 0. The highest BCUT2D eigenvalue weighted by Crippen LogP contribution is 2.50. The second-order valence-corrected chi connectivity index (χ2v) is 6.19. The van der Waals surface area contributed by atoms with Gasteiger partial charge < -0.3 is 10.0 Å². The Morgan fingerprint density at radius 2 is 2.06 bits per heavy atom. The van der Waals surface area contributed by atoms with Gasteiger partial charge in [0.1, 0.15) is 5.75 Å². The fourth-order valence-electron chi connectivity index (χ4n) is 3.77. The normalized spacial score (nSPS) is 19.6. The Bertz CT molecular complexity index is 672. The largest absolute Gasteiger partial charge is 0.507 e. The number of phenols is 1. The Kier molecular flexibility index (Phi) is 1.71. The molecule has 0 bridgehead atoms. The van der Waals surface area contributed by atoms with Gasteiger partial charge in [0, 0.05) is 29.6 Å². The van der Waals surface area contributed by atoms with Gasteiger partial charge in [0.2, 0.25) is 0 Å². The van der Waals surface area contributed by atoms with E-state index in [1.165, 1.54) is 22.2 Å². The van der Waals surface area contributed by atoms with E-state index in [2.05, 4.69) is 30.9 Å². The van der Waals surface area contributed by atoms with Crippen molar-refractivity contribution in [2.45, 2.75) is 25.7 Å². The Morgan fingerprint density at radius 3 is 2.89 bits per heavy atom. The fourth-order valence-corrected chi connectivity index (χ4v) is 3.77. The number of hydrogen-bond donors (Lipinski definition) is 1. The highest BCUT2D eigenvalue weighted by molar-refractivity contribution is 5.98. The molecule has 2 aromatic carbocycles. The number of rotatable bonds is 0. The summed E-state index contributed by atoms with van der Waals surface area (Å²) < 4.78 is 0. The number of aromatic hydroxyl groups is 1. The van der Waals surface area contributed by atoms with E-state index in [4.69, 9.17) is 0 Å². The molecule has 18 heavy (non-hydrogen) atoms. The lowest BCUT2D eigenvalue weighted by Gasteiger charge is -2.22. The quantitative estimate of drug-likeness (QED) is 0.763. The molecular weight excluding hydrogens is 222 g/mol. The molecule has 0 fully saturated rings. The van der Waals surface area contributed by atoms with Gasteiger partial charge in [0.25, 0.3) is 0 Å². The van der Waals surface area contributed by atoms with Gasteiger partial charge in [-0.3, -0.25) is 0 Å². The monoisotopic (exact) mass is 239 g/mol. The van der Waals surface area contributed by atoms with Gasteiger partial charge in [0.15, 0.2) is 0 Å². The van der Waals surface area contributed by atoms with E-state index in [1.54, 1.807) is 6.07 Å². The molecule has 2 heteroatoms. The molecule has 2 aliphatic heterocycles. The molecule has 2 aliphatic rings. The zero-order chi connectivity index (χ0) is 12.5.